The lowest BCUT2D eigenvalue weighted by atomic mass is 10.1. The zero-order chi connectivity index (χ0) is 11.6. The van der Waals surface area contributed by atoms with Gasteiger partial charge in [0, 0.05) is 10.6 Å². The first-order valence-corrected chi connectivity index (χ1v) is 6.03. The van der Waals surface area contributed by atoms with Crippen LogP contribution in [0.25, 0.3) is 0 Å². The number of carbonyl (C=O) groups excluding carboxylic acids is 1. The molecule has 1 N–H and O–H groups in total. The molecule has 0 aliphatic rings. The molecular formula is C9H9ClO4S. The van der Waals surface area contributed by atoms with Gasteiger partial charge in [-0.05, 0) is 30.7 Å². The van der Waals surface area contributed by atoms with Crippen LogP contribution < -0.4 is 0 Å². The fourth-order valence-corrected chi connectivity index (χ4v) is 2.05. The quantitative estimate of drug-likeness (QED) is 0.655. The standard InChI is InChI=1S/C9H9ClO4S/c1-6(11)9-3-2-8(10)4-7(9)5-15(12,13)14/h2-4H,5H2,1H3,(H,12,13,14). The molecule has 0 fully saturated rings. The highest BCUT2D eigenvalue weighted by molar-refractivity contribution is 7.85. The van der Waals surface area contributed by atoms with Crippen molar-refractivity contribution < 1.29 is 17.8 Å². The maximum atomic E-state index is 11.1. The number of rotatable bonds is 3. The molecular weight excluding hydrogens is 240 g/mol. The number of hydrogen-bond acceptors (Lipinski definition) is 3. The Morgan fingerprint density at radius 1 is 1.47 bits per heavy atom. The van der Waals surface area contributed by atoms with Gasteiger partial charge in [0.1, 0.15) is 5.75 Å². The van der Waals surface area contributed by atoms with E-state index in [1.807, 2.05) is 0 Å². The van der Waals surface area contributed by atoms with Crippen LogP contribution in [0.4, 0.5) is 0 Å². The molecule has 0 atom stereocenters. The minimum absolute atomic E-state index is 0.206. The molecule has 0 heterocycles. The third-order valence-corrected chi connectivity index (χ3v) is 2.70. The average Bonchev–Trinajstić information content (AvgIpc) is 1.99. The minimum atomic E-state index is -4.16. The molecule has 0 amide bonds. The highest BCUT2D eigenvalue weighted by Gasteiger charge is 2.13. The van der Waals surface area contributed by atoms with E-state index < -0.39 is 15.9 Å². The lowest BCUT2D eigenvalue weighted by Gasteiger charge is -2.05. The molecule has 82 valence electrons. The van der Waals surface area contributed by atoms with Crippen LogP contribution in [0.1, 0.15) is 22.8 Å². The van der Waals surface area contributed by atoms with Crippen molar-refractivity contribution in [2.45, 2.75) is 12.7 Å². The van der Waals surface area contributed by atoms with Crippen LogP contribution in [0, 0.1) is 0 Å². The second-order valence-electron chi connectivity index (χ2n) is 3.08. The molecule has 0 unspecified atom stereocenters. The van der Waals surface area contributed by atoms with Gasteiger partial charge in [-0.1, -0.05) is 11.6 Å². The molecule has 6 heteroatoms. The molecule has 0 aromatic heterocycles. The summed E-state index contributed by atoms with van der Waals surface area (Å²) in [6, 6.07) is 4.28. The van der Waals surface area contributed by atoms with Crippen LogP contribution in [0.15, 0.2) is 18.2 Å². The van der Waals surface area contributed by atoms with Crippen LogP contribution >= 0.6 is 11.6 Å². The Labute approximate surface area is 92.6 Å². The predicted molar refractivity (Wildman–Crippen MR) is 56.7 cm³/mol. The summed E-state index contributed by atoms with van der Waals surface area (Å²) in [5, 5.41) is 0.318. The van der Waals surface area contributed by atoms with Gasteiger partial charge in [-0.15, -0.1) is 0 Å². The van der Waals surface area contributed by atoms with Gasteiger partial charge < -0.3 is 0 Å². The summed E-state index contributed by atoms with van der Waals surface area (Å²) in [5.74, 6) is -0.882. The van der Waals surface area contributed by atoms with Crippen LogP contribution in [-0.2, 0) is 15.9 Å². The fourth-order valence-electron chi connectivity index (χ4n) is 1.22. The van der Waals surface area contributed by atoms with E-state index in [9.17, 15) is 13.2 Å². The maximum Gasteiger partial charge on any atom is 0.269 e. The molecule has 0 aliphatic heterocycles. The zero-order valence-electron chi connectivity index (χ0n) is 7.90. The van der Waals surface area contributed by atoms with Gasteiger partial charge in [-0.3, -0.25) is 9.35 Å². The van der Waals surface area contributed by atoms with Crippen molar-refractivity contribution in [3.8, 4) is 0 Å². The first-order chi connectivity index (χ1) is 6.79. The first-order valence-electron chi connectivity index (χ1n) is 4.04. The van der Waals surface area contributed by atoms with Gasteiger partial charge >= 0.3 is 0 Å². The highest BCUT2D eigenvalue weighted by atomic mass is 35.5. The fraction of sp³-hybridized carbons (Fsp3) is 0.222. The summed E-state index contributed by atoms with van der Waals surface area (Å²) in [7, 11) is -4.16. The van der Waals surface area contributed by atoms with Crippen molar-refractivity contribution in [2.24, 2.45) is 0 Å². The first kappa shape index (κ1) is 12.2. The maximum absolute atomic E-state index is 11.1. The number of hydrogen-bond donors (Lipinski definition) is 1. The van der Waals surface area contributed by atoms with E-state index in [0.29, 0.717) is 5.02 Å². The molecule has 1 rings (SSSR count). The molecule has 1 aromatic rings. The monoisotopic (exact) mass is 248 g/mol. The molecule has 4 nitrogen and oxygen atoms in total. The van der Waals surface area contributed by atoms with Gasteiger partial charge in [0.15, 0.2) is 5.78 Å². The van der Waals surface area contributed by atoms with Crippen LogP contribution in [0.2, 0.25) is 5.02 Å². The van der Waals surface area contributed by atoms with E-state index in [4.69, 9.17) is 16.2 Å². The van der Waals surface area contributed by atoms with E-state index >= 15 is 0 Å². The summed E-state index contributed by atoms with van der Waals surface area (Å²) in [5.41, 5.74) is 0.453. The van der Waals surface area contributed by atoms with E-state index in [2.05, 4.69) is 0 Å². The van der Waals surface area contributed by atoms with Crippen molar-refractivity contribution in [1.82, 2.24) is 0 Å². The summed E-state index contributed by atoms with van der Waals surface area (Å²) in [6.45, 7) is 1.32. The molecule has 15 heavy (non-hydrogen) atoms. The van der Waals surface area contributed by atoms with E-state index in [1.165, 1.54) is 25.1 Å². The van der Waals surface area contributed by atoms with E-state index in [1.54, 1.807) is 0 Å². The van der Waals surface area contributed by atoms with Crippen LogP contribution in [0.3, 0.4) is 0 Å². The number of benzene rings is 1. The van der Waals surface area contributed by atoms with Gasteiger partial charge in [-0.25, -0.2) is 0 Å². The molecule has 0 saturated heterocycles. The second kappa shape index (κ2) is 4.30. The lowest BCUT2D eigenvalue weighted by Crippen LogP contribution is -2.06. The van der Waals surface area contributed by atoms with E-state index in [-0.39, 0.29) is 16.9 Å². The van der Waals surface area contributed by atoms with E-state index in [0.717, 1.165) is 0 Å². The zero-order valence-corrected chi connectivity index (χ0v) is 9.47. The lowest BCUT2D eigenvalue weighted by molar-refractivity contribution is 0.101. The van der Waals surface area contributed by atoms with Crippen LogP contribution in [0.5, 0.6) is 0 Å². The molecule has 0 saturated carbocycles. The second-order valence-corrected chi connectivity index (χ2v) is 4.97. The van der Waals surface area contributed by atoms with Crippen molar-refractivity contribution in [3.05, 3.63) is 34.3 Å². The highest BCUT2D eigenvalue weighted by Crippen LogP contribution is 2.18. The van der Waals surface area contributed by atoms with Crippen molar-refractivity contribution in [1.29, 1.82) is 0 Å². The van der Waals surface area contributed by atoms with Gasteiger partial charge in [0.25, 0.3) is 10.1 Å². The predicted octanol–water partition coefficient (Wildman–Crippen LogP) is 1.93. The van der Waals surface area contributed by atoms with Gasteiger partial charge in [0.05, 0.1) is 0 Å². The average molecular weight is 249 g/mol. The Hall–Kier alpha value is -0.910. The Morgan fingerprint density at radius 3 is 2.53 bits per heavy atom. The smallest absolute Gasteiger partial charge is 0.269 e. The molecule has 0 radical (unpaired) electrons. The Balaban J connectivity index is 3.25. The van der Waals surface area contributed by atoms with Crippen LogP contribution in [-0.4, -0.2) is 18.8 Å². The molecule has 1 aromatic carbocycles. The number of halogens is 1. The Kier molecular flexibility index (Phi) is 3.49. The number of carbonyl (C=O) groups is 1. The largest absolute Gasteiger partial charge is 0.295 e. The SMILES string of the molecule is CC(=O)c1ccc(Cl)cc1CS(=O)(=O)O. The van der Waals surface area contributed by atoms with Gasteiger partial charge in [-0.2, -0.15) is 8.42 Å². The molecule has 0 spiro atoms. The summed E-state index contributed by atoms with van der Waals surface area (Å²) < 4.78 is 30.1. The summed E-state index contributed by atoms with van der Waals surface area (Å²) in [6.07, 6.45) is 0. The van der Waals surface area contributed by atoms with Crippen molar-refractivity contribution >= 4 is 27.5 Å². The van der Waals surface area contributed by atoms with Gasteiger partial charge in [0.2, 0.25) is 0 Å². The Morgan fingerprint density at radius 2 is 2.07 bits per heavy atom. The summed E-state index contributed by atoms with van der Waals surface area (Å²) >= 11 is 5.66. The summed E-state index contributed by atoms with van der Waals surface area (Å²) in [4.78, 5) is 11.1. The minimum Gasteiger partial charge on any atom is -0.295 e. The Bertz CT molecular complexity index is 493. The molecule has 0 bridgehead atoms. The third kappa shape index (κ3) is 3.62. The normalized spacial score (nSPS) is 11.4. The topological polar surface area (TPSA) is 71.4 Å². The third-order valence-electron chi connectivity index (χ3n) is 1.78. The number of Topliss-reactive ketones (excluding diaryl/α,β-unsaturated/α-hetero) is 1. The van der Waals surface area contributed by atoms with Crippen molar-refractivity contribution in [2.75, 3.05) is 0 Å². The molecule has 0 aliphatic carbocycles. The number of ketones is 1. The van der Waals surface area contributed by atoms with Crippen molar-refractivity contribution in [3.63, 3.8) is 0 Å².